The van der Waals surface area contributed by atoms with E-state index in [0.29, 0.717) is 5.92 Å². The van der Waals surface area contributed by atoms with Crippen molar-refractivity contribution in [2.75, 3.05) is 26.9 Å². The van der Waals surface area contributed by atoms with Gasteiger partial charge in [-0.15, -0.1) is 0 Å². The lowest BCUT2D eigenvalue weighted by atomic mass is 9.92. The van der Waals surface area contributed by atoms with Crippen LogP contribution in [0.4, 0.5) is 0 Å². The number of methoxy groups -OCH3 is 1. The molecule has 2 nitrogen and oxygen atoms in total. The van der Waals surface area contributed by atoms with Crippen molar-refractivity contribution in [3.63, 3.8) is 0 Å². The highest BCUT2D eigenvalue weighted by Crippen LogP contribution is 2.21. The molecule has 2 unspecified atom stereocenters. The molecule has 0 aromatic rings. The zero-order valence-corrected chi connectivity index (χ0v) is 7.51. The van der Waals surface area contributed by atoms with Crippen LogP contribution >= 0.6 is 0 Å². The molecule has 11 heavy (non-hydrogen) atoms. The molecule has 0 aliphatic carbocycles. The smallest absolute Gasteiger partial charge is 0.0516 e. The van der Waals surface area contributed by atoms with Crippen LogP contribution in [0.15, 0.2) is 0 Å². The van der Waals surface area contributed by atoms with Gasteiger partial charge in [-0.25, -0.2) is 0 Å². The molecule has 0 radical (unpaired) electrons. The van der Waals surface area contributed by atoms with Gasteiger partial charge in [0.15, 0.2) is 0 Å². The van der Waals surface area contributed by atoms with Crippen molar-refractivity contribution in [1.29, 1.82) is 0 Å². The van der Waals surface area contributed by atoms with Crippen molar-refractivity contribution in [2.45, 2.75) is 19.8 Å². The Kier molecular flexibility index (Phi) is 3.87. The highest BCUT2D eigenvalue weighted by Gasteiger charge is 2.20. The molecule has 0 saturated carbocycles. The maximum Gasteiger partial charge on any atom is 0.0516 e. The fourth-order valence-corrected chi connectivity index (χ4v) is 1.65. The fraction of sp³-hybridized carbons (Fsp3) is 1.00. The van der Waals surface area contributed by atoms with E-state index >= 15 is 0 Å². The Hall–Kier alpha value is -0.0800. The molecule has 0 bridgehead atoms. The summed E-state index contributed by atoms with van der Waals surface area (Å²) in [5, 5.41) is 0. The van der Waals surface area contributed by atoms with Crippen LogP contribution < -0.4 is 0 Å². The Labute approximate surface area is 68.9 Å². The van der Waals surface area contributed by atoms with Gasteiger partial charge in [-0.05, 0) is 12.3 Å². The average Bonchev–Trinajstić information content (AvgIpc) is 2.06. The minimum absolute atomic E-state index is 0.638. The van der Waals surface area contributed by atoms with Gasteiger partial charge in [0.1, 0.15) is 0 Å². The molecule has 1 fully saturated rings. The molecule has 1 aliphatic heterocycles. The number of hydrogen-bond donors (Lipinski definition) is 0. The lowest BCUT2D eigenvalue weighted by molar-refractivity contribution is -0.0136. The summed E-state index contributed by atoms with van der Waals surface area (Å²) in [6, 6.07) is 0. The summed E-state index contributed by atoms with van der Waals surface area (Å²) in [5.41, 5.74) is 0. The Balaban J connectivity index is 2.21. The second-order valence-electron chi connectivity index (χ2n) is 3.37. The van der Waals surface area contributed by atoms with Gasteiger partial charge in [0.2, 0.25) is 0 Å². The molecule has 0 N–H and O–H groups in total. The van der Waals surface area contributed by atoms with Crippen molar-refractivity contribution in [1.82, 2.24) is 0 Å². The predicted octanol–water partition coefficient (Wildman–Crippen LogP) is 1.70. The summed E-state index contributed by atoms with van der Waals surface area (Å²) < 4.78 is 10.6. The molecule has 0 spiro atoms. The number of ether oxygens (including phenoxy) is 2. The van der Waals surface area contributed by atoms with Gasteiger partial charge in [0.25, 0.3) is 0 Å². The molecule has 0 amide bonds. The summed E-state index contributed by atoms with van der Waals surface area (Å²) in [6.07, 6.45) is 2.52. The topological polar surface area (TPSA) is 18.5 Å². The Bertz CT molecular complexity index is 102. The first-order chi connectivity index (χ1) is 5.36. The maximum atomic E-state index is 5.46. The van der Waals surface area contributed by atoms with Gasteiger partial charge in [-0.1, -0.05) is 13.3 Å². The monoisotopic (exact) mass is 158 g/mol. The second-order valence-corrected chi connectivity index (χ2v) is 3.37. The molecule has 66 valence electrons. The first-order valence-electron chi connectivity index (χ1n) is 4.43. The van der Waals surface area contributed by atoms with Crippen molar-refractivity contribution in [2.24, 2.45) is 11.8 Å². The SMILES string of the molecule is CCC1COCC(COC)C1. The van der Waals surface area contributed by atoms with Crippen LogP contribution in [0, 0.1) is 11.8 Å². The van der Waals surface area contributed by atoms with Crippen LogP contribution in [0.1, 0.15) is 19.8 Å². The van der Waals surface area contributed by atoms with Crippen molar-refractivity contribution in [3.05, 3.63) is 0 Å². The van der Waals surface area contributed by atoms with Crippen LogP contribution in [0.25, 0.3) is 0 Å². The largest absolute Gasteiger partial charge is 0.384 e. The van der Waals surface area contributed by atoms with E-state index in [0.717, 1.165) is 25.7 Å². The first-order valence-corrected chi connectivity index (χ1v) is 4.43. The molecule has 1 heterocycles. The third-order valence-corrected chi connectivity index (χ3v) is 2.35. The molecule has 1 saturated heterocycles. The van der Waals surface area contributed by atoms with Gasteiger partial charge >= 0.3 is 0 Å². The van der Waals surface area contributed by atoms with E-state index in [-0.39, 0.29) is 0 Å². The van der Waals surface area contributed by atoms with Crippen LogP contribution in [0.2, 0.25) is 0 Å². The summed E-state index contributed by atoms with van der Waals surface area (Å²) in [4.78, 5) is 0. The van der Waals surface area contributed by atoms with Crippen LogP contribution in [-0.2, 0) is 9.47 Å². The average molecular weight is 158 g/mol. The molecular weight excluding hydrogens is 140 g/mol. The van der Waals surface area contributed by atoms with Gasteiger partial charge < -0.3 is 9.47 Å². The van der Waals surface area contributed by atoms with Crippen LogP contribution in [0.5, 0.6) is 0 Å². The van der Waals surface area contributed by atoms with E-state index < -0.39 is 0 Å². The van der Waals surface area contributed by atoms with E-state index in [9.17, 15) is 0 Å². The van der Waals surface area contributed by atoms with E-state index in [4.69, 9.17) is 9.47 Å². The standard InChI is InChI=1S/C9H18O2/c1-3-8-4-9(5-10-2)7-11-6-8/h8-9H,3-7H2,1-2H3. The third kappa shape index (κ3) is 2.80. The minimum Gasteiger partial charge on any atom is -0.384 e. The van der Waals surface area contributed by atoms with Crippen LogP contribution in [0.3, 0.4) is 0 Å². The molecule has 1 rings (SSSR count). The van der Waals surface area contributed by atoms with Crippen molar-refractivity contribution < 1.29 is 9.47 Å². The zero-order valence-electron chi connectivity index (χ0n) is 7.51. The van der Waals surface area contributed by atoms with Gasteiger partial charge in [0, 0.05) is 19.6 Å². The molecule has 2 heteroatoms. The van der Waals surface area contributed by atoms with Crippen LogP contribution in [-0.4, -0.2) is 26.9 Å². The molecule has 2 atom stereocenters. The fourth-order valence-electron chi connectivity index (χ4n) is 1.65. The Morgan fingerprint density at radius 2 is 2.09 bits per heavy atom. The van der Waals surface area contributed by atoms with E-state index in [1.165, 1.54) is 12.8 Å². The molecule has 0 aromatic heterocycles. The summed E-state index contributed by atoms with van der Waals surface area (Å²) in [7, 11) is 1.76. The molecular formula is C9H18O2. The quantitative estimate of drug-likeness (QED) is 0.622. The van der Waals surface area contributed by atoms with Gasteiger partial charge in [-0.3, -0.25) is 0 Å². The van der Waals surface area contributed by atoms with E-state index in [2.05, 4.69) is 6.92 Å². The summed E-state index contributed by atoms with van der Waals surface area (Å²) in [6.45, 7) is 4.93. The number of hydrogen-bond acceptors (Lipinski definition) is 2. The second kappa shape index (κ2) is 4.73. The van der Waals surface area contributed by atoms with E-state index in [1.54, 1.807) is 7.11 Å². The lowest BCUT2D eigenvalue weighted by Crippen LogP contribution is -2.27. The zero-order chi connectivity index (χ0) is 8.10. The molecule has 0 aromatic carbocycles. The highest BCUT2D eigenvalue weighted by atomic mass is 16.5. The Morgan fingerprint density at radius 1 is 1.36 bits per heavy atom. The highest BCUT2D eigenvalue weighted by molar-refractivity contribution is 4.69. The Morgan fingerprint density at radius 3 is 2.73 bits per heavy atom. The third-order valence-electron chi connectivity index (χ3n) is 2.35. The summed E-state index contributed by atoms with van der Waals surface area (Å²) in [5.74, 6) is 1.41. The first kappa shape index (κ1) is 9.01. The summed E-state index contributed by atoms with van der Waals surface area (Å²) >= 11 is 0. The van der Waals surface area contributed by atoms with Gasteiger partial charge in [-0.2, -0.15) is 0 Å². The van der Waals surface area contributed by atoms with Crippen molar-refractivity contribution >= 4 is 0 Å². The maximum absolute atomic E-state index is 5.46. The molecule has 1 aliphatic rings. The lowest BCUT2D eigenvalue weighted by Gasteiger charge is -2.27. The number of rotatable bonds is 3. The minimum atomic E-state index is 0.638. The normalized spacial score (nSPS) is 32.2. The predicted molar refractivity (Wildman–Crippen MR) is 44.6 cm³/mol. The van der Waals surface area contributed by atoms with Gasteiger partial charge in [0.05, 0.1) is 13.2 Å². The van der Waals surface area contributed by atoms with E-state index in [1.807, 2.05) is 0 Å². The van der Waals surface area contributed by atoms with Crippen molar-refractivity contribution in [3.8, 4) is 0 Å².